The van der Waals surface area contributed by atoms with Crippen LogP contribution in [-0.4, -0.2) is 71.2 Å². The molecule has 0 aliphatic carbocycles. The number of nitrogens with zero attached hydrogens (tertiary/aromatic N) is 5. The number of fused-ring (bicyclic) bond motifs is 1. The van der Waals surface area contributed by atoms with E-state index in [-0.39, 0.29) is 11.4 Å². The molecule has 8 nitrogen and oxygen atoms in total. The van der Waals surface area contributed by atoms with Gasteiger partial charge in [0.15, 0.2) is 5.82 Å². The maximum atomic E-state index is 14.6. The molecule has 1 aliphatic rings. The van der Waals surface area contributed by atoms with Gasteiger partial charge in [-0.2, -0.15) is 5.10 Å². The van der Waals surface area contributed by atoms with Gasteiger partial charge in [0.05, 0.1) is 25.4 Å². The highest BCUT2D eigenvalue weighted by Gasteiger charge is 2.19. The van der Waals surface area contributed by atoms with E-state index >= 15 is 0 Å². The zero-order chi connectivity index (χ0) is 22.8. The monoisotopic (exact) mass is 446 g/mol. The van der Waals surface area contributed by atoms with Crippen molar-refractivity contribution in [3.8, 4) is 28.4 Å². The van der Waals surface area contributed by atoms with E-state index in [1.54, 1.807) is 18.3 Å². The van der Waals surface area contributed by atoms with Crippen LogP contribution < -0.4 is 9.64 Å². The Kier molecular flexibility index (Phi) is 5.70. The van der Waals surface area contributed by atoms with Crippen LogP contribution in [-0.2, 0) is 4.79 Å². The number of carbonyl (C=O) groups excluding carboxylic acids is 1. The van der Waals surface area contributed by atoms with Crippen molar-refractivity contribution in [1.29, 1.82) is 0 Å². The van der Waals surface area contributed by atoms with Gasteiger partial charge in [0.25, 0.3) is 0 Å². The number of benzene rings is 2. The van der Waals surface area contributed by atoms with Gasteiger partial charge in [0.2, 0.25) is 0 Å². The van der Waals surface area contributed by atoms with E-state index < -0.39 is 5.82 Å². The highest BCUT2D eigenvalue weighted by molar-refractivity contribution is 5.90. The number of hydrogen-bond acceptors (Lipinski definition) is 7. The van der Waals surface area contributed by atoms with Crippen molar-refractivity contribution in [2.45, 2.75) is 0 Å². The third-order valence-electron chi connectivity index (χ3n) is 5.93. The highest BCUT2D eigenvalue weighted by Crippen LogP contribution is 2.33. The molecule has 0 amide bonds. The third-order valence-corrected chi connectivity index (χ3v) is 5.93. The van der Waals surface area contributed by atoms with Gasteiger partial charge in [-0.1, -0.05) is 18.2 Å². The number of ether oxygens (including phenoxy) is 1. The average Bonchev–Trinajstić information content (AvgIpc) is 3.28. The molecular weight excluding hydrogens is 423 g/mol. The topological polar surface area (TPSA) is 87.2 Å². The van der Waals surface area contributed by atoms with Crippen LogP contribution in [0.4, 0.5) is 10.1 Å². The maximum Gasteiger partial charge on any atom is 0.166 e. The number of piperazine rings is 1. The fraction of sp³-hybridized carbons (Fsp3) is 0.250. The van der Waals surface area contributed by atoms with Gasteiger partial charge in [-0.3, -0.25) is 10.00 Å². The first-order valence-corrected chi connectivity index (χ1v) is 10.7. The Morgan fingerprint density at radius 3 is 2.64 bits per heavy atom. The molecule has 3 heterocycles. The molecule has 9 heteroatoms. The molecule has 2 aromatic heterocycles. The first kappa shape index (κ1) is 21.0. The summed E-state index contributed by atoms with van der Waals surface area (Å²) in [6, 6.07) is 12.8. The largest absolute Gasteiger partial charge is 0.496 e. The molecule has 2 aromatic carbocycles. The van der Waals surface area contributed by atoms with E-state index in [1.165, 1.54) is 13.2 Å². The van der Waals surface area contributed by atoms with Crippen molar-refractivity contribution in [1.82, 2.24) is 25.1 Å². The second-order valence-corrected chi connectivity index (χ2v) is 7.85. The summed E-state index contributed by atoms with van der Waals surface area (Å²) in [4.78, 5) is 24.1. The smallest absolute Gasteiger partial charge is 0.166 e. The Morgan fingerprint density at radius 1 is 1.12 bits per heavy atom. The molecule has 0 radical (unpaired) electrons. The SMILES string of the molecule is COc1cccc(F)c1-c1ncc2[nH]nc(-c3ccc(N4CCN(CC=O)CC4)cc3)c2n1. The molecule has 168 valence electrons. The zero-order valence-corrected chi connectivity index (χ0v) is 18.2. The van der Waals surface area contributed by atoms with Crippen LogP contribution in [0.2, 0.25) is 0 Å². The Morgan fingerprint density at radius 2 is 1.91 bits per heavy atom. The van der Waals surface area contributed by atoms with Gasteiger partial charge in [-0.05, 0) is 24.3 Å². The molecule has 1 aliphatic heterocycles. The van der Waals surface area contributed by atoms with Crippen molar-refractivity contribution in [2.24, 2.45) is 0 Å². The van der Waals surface area contributed by atoms with Crippen molar-refractivity contribution in [3.05, 3.63) is 54.5 Å². The lowest BCUT2D eigenvalue weighted by molar-refractivity contribution is -0.108. The van der Waals surface area contributed by atoms with Gasteiger partial charge >= 0.3 is 0 Å². The molecule has 0 unspecified atom stereocenters. The third kappa shape index (κ3) is 4.03. The highest BCUT2D eigenvalue weighted by atomic mass is 19.1. The van der Waals surface area contributed by atoms with Crippen LogP contribution in [0.15, 0.2) is 48.7 Å². The standard InChI is InChI=1S/C24H23FN6O2/c1-33-20-4-2-3-18(25)21(20)24-26-15-19-23(27-24)22(29-28-19)16-5-7-17(8-6-16)31-11-9-30(10-12-31)13-14-32/h2-8,14-15H,9-13H2,1H3,(H,28,29). The summed E-state index contributed by atoms with van der Waals surface area (Å²) < 4.78 is 19.9. The fourth-order valence-electron chi connectivity index (χ4n) is 4.15. The van der Waals surface area contributed by atoms with Crippen molar-refractivity contribution >= 4 is 23.0 Å². The van der Waals surface area contributed by atoms with E-state index in [0.717, 1.165) is 43.7 Å². The molecule has 0 atom stereocenters. The summed E-state index contributed by atoms with van der Waals surface area (Å²) in [6.45, 7) is 3.97. The van der Waals surface area contributed by atoms with E-state index in [0.29, 0.717) is 29.0 Å². The molecular formula is C24H23FN6O2. The van der Waals surface area contributed by atoms with Gasteiger partial charge in [-0.15, -0.1) is 0 Å². The lowest BCUT2D eigenvalue weighted by Crippen LogP contribution is -2.46. The number of rotatable bonds is 6. The van der Waals surface area contributed by atoms with Gasteiger partial charge in [-0.25, -0.2) is 14.4 Å². The summed E-state index contributed by atoms with van der Waals surface area (Å²) in [5.41, 5.74) is 4.19. The summed E-state index contributed by atoms with van der Waals surface area (Å²) in [7, 11) is 1.49. The van der Waals surface area contributed by atoms with E-state index in [9.17, 15) is 9.18 Å². The van der Waals surface area contributed by atoms with Crippen molar-refractivity contribution in [3.63, 3.8) is 0 Å². The first-order chi connectivity index (χ1) is 16.2. The van der Waals surface area contributed by atoms with E-state index in [1.807, 2.05) is 12.1 Å². The summed E-state index contributed by atoms with van der Waals surface area (Å²) in [6.07, 6.45) is 2.56. The lowest BCUT2D eigenvalue weighted by Gasteiger charge is -2.35. The van der Waals surface area contributed by atoms with E-state index in [4.69, 9.17) is 4.74 Å². The fourth-order valence-corrected chi connectivity index (χ4v) is 4.15. The molecule has 1 N–H and O–H groups in total. The number of H-pyrrole nitrogens is 1. The number of aromatic nitrogens is 4. The Bertz CT molecular complexity index is 1280. The predicted molar refractivity (Wildman–Crippen MR) is 124 cm³/mol. The van der Waals surface area contributed by atoms with Crippen LogP contribution in [0.25, 0.3) is 33.7 Å². The minimum Gasteiger partial charge on any atom is -0.496 e. The first-order valence-electron chi connectivity index (χ1n) is 10.7. The van der Waals surface area contributed by atoms with Gasteiger partial charge in [0.1, 0.15) is 34.6 Å². The predicted octanol–water partition coefficient (Wildman–Crippen LogP) is 3.16. The van der Waals surface area contributed by atoms with Gasteiger partial charge < -0.3 is 14.4 Å². The number of nitrogens with one attached hydrogen (secondary N) is 1. The van der Waals surface area contributed by atoms with Crippen molar-refractivity contribution < 1.29 is 13.9 Å². The van der Waals surface area contributed by atoms with Crippen LogP contribution in [0.1, 0.15) is 0 Å². The molecule has 4 aromatic rings. The quantitative estimate of drug-likeness (QED) is 0.455. The molecule has 0 saturated carbocycles. The lowest BCUT2D eigenvalue weighted by atomic mass is 10.1. The average molecular weight is 446 g/mol. The maximum absolute atomic E-state index is 14.6. The van der Waals surface area contributed by atoms with Crippen LogP contribution in [0, 0.1) is 5.82 Å². The molecule has 0 spiro atoms. The minimum absolute atomic E-state index is 0.220. The molecule has 1 fully saturated rings. The number of aromatic amines is 1. The van der Waals surface area contributed by atoms with E-state index in [2.05, 4.69) is 42.1 Å². The summed E-state index contributed by atoms with van der Waals surface area (Å²) in [5.74, 6) is 0.165. The number of halogens is 1. The Labute approximate surface area is 190 Å². The number of methoxy groups -OCH3 is 1. The zero-order valence-electron chi connectivity index (χ0n) is 18.2. The minimum atomic E-state index is -0.448. The van der Waals surface area contributed by atoms with Gasteiger partial charge in [0, 0.05) is 37.4 Å². The second-order valence-electron chi connectivity index (χ2n) is 7.85. The molecule has 0 bridgehead atoms. The number of anilines is 1. The Balaban J connectivity index is 1.44. The molecule has 1 saturated heterocycles. The summed E-state index contributed by atoms with van der Waals surface area (Å²) >= 11 is 0. The molecule has 5 rings (SSSR count). The van der Waals surface area contributed by atoms with Crippen molar-refractivity contribution in [2.75, 3.05) is 44.7 Å². The number of aldehydes is 1. The van der Waals surface area contributed by atoms with Crippen LogP contribution in [0.5, 0.6) is 5.75 Å². The van der Waals surface area contributed by atoms with Crippen LogP contribution >= 0.6 is 0 Å². The number of hydrogen-bond donors (Lipinski definition) is 1. The number of carbonyl (C=O) groups is 1. The Hall–Kier alpha value is -3.85. The normalized spacial score (nSPS) is 14.5. The second kappa shape index (κ2) is 8.95. The van der Waals surface area contributed by atoms with Crippen LogP contribution in [0.3, 0.4) is 0 Å². The molecule has 33 heavy (non-hydrogen) atoms. The summed E-state index contributed by atoms with van der Waals surface area (Å²) in [5, 5.41) is 7.39.